The van der Waals surface area contributed by atoms with Crippen LogP contribution < -0.4 is 5.73 Å². The second-order valence-corrected chi connectivity index (χ2v) is 5.26. The highest BCUT2D eigenvalue weighted by Gasteiger charge is 2.25. The number of aromatic nitrogens is 1. The van der Waals surface area contributed by atoms with Crippen LogP contribution in [-0.2, 0) is 11.2 Å². The predicted octanol–water partition coefficient (Wildman–Crippen LogP) is 1.32. The van der Waals surface area contributed by atoms with E-state index in [4.69, 9.17) is 10.5 Å². The van der Waals surface area contributed by atoms with Gasteiger partial charge >= 0.3 is 0 Å². The molecule has 0 saturated carbocycles. The summed E-state index contributed by atoms with van der Waals surface area (Å²) >= 11 is 1.50. The standard InChI is InChI=1S/C12H19N3O2S.ClH/c1-2-9-7-15(5-6-17-9)12(16)10-8-18-11(14-10)3-4-13;/h8-9H,2-7,13H2,1H3;1H. The van der Waals surface area contributed by atoms with Crippen LogP contribution in [0.3, 0.4) is 0 Å². The molecule has 0 aromatic carbocycles. The Labute approximate surface area is 123 Å². The van der Waals surface area contributed by atoms with E-state index in [2.05, 4.69) is 11.9 Å². The number of rotatable bonds is 4. The average Bonchev–Trinajstić information content (AvgIpc) is 2.87. The molecule has 1 fully saturated rings. The third-order valence-corrected chi connectivity index (χ3v) is 3.92. The first kappa shape index (κ1) is 16.4. The van der Waals surface area contributed by atoms with Gasteiger partial charge in [0.25, 0.3) is 5.91 Å². The molecule has 0 spiro atoms. The predicted molar refractivity (Wildman–Crippen MR) is 78.1 cm³/mol. The molecule has 1 atom stereocenters. The van der Waals surface area contributed by atoms with Gasteiger partial charge in [0, 0.05) is 24.9 Å². The Morgan fingerprint density at radius 2 is 2.47 bits per heavy atom. The van der Waals surface area contributed by atoms with E-state index in [9.17, 15) is 4.79 Å². The Kier molecular flexibility index (Phi) is 6.71. The fourth-order valence-corrected chi connectivity index (χ4v) is 2.75. The molecule has 108 valence electrons. The molecule has 1 aliphatic rings. The van der Waals surface area contributed by atoms with Crippen molar-refractivity contribution in [3.63, 3.8) is 0 Å². The molecule has 1 aromatic heterocycles. The van der Waals surface area contributed by atoms with Crippen molar-refractivity contribution < 1.29 is 9.53 Å². The highest BCUT2D eigenvalue weighted by molar-refractivity contribution is 7.09. The normalized spacial score (nSPS) is 19.1. The maximum Gasteiger partial charge on any atom is 0.273 e. The Balaban J connectivity index is 0.00000180. The fraction of sp³-hybridized carbons (Fsp3) is 0.667. The molecular weight excluding hydrogens is 286 g/mol. The molecule has 1 aromatic rings. The number of hydrogen-bond donors (Lipinski definition) is 1. The van der Waals surface area contributed by atoms with E-state index in [-0.39, 0.29) is 24.4 Å². The van der Waals surface area contributed by atoms with Crippen molar-refractivity contribution in [2.45, 2.75) is 25.9 Å². The third kappa shape index (κ3) is 4.14. The molecule has 7 heteroatoms. The first-order valence-electron chi connectivity index (χ1n) is 6.30. The Bertz CT molecular complexity index is 413. The molecule has 1 saturated heterocycles. The summed E-state index contributed by atoms with van der Waals surface area (Å²) < 4.78 is 5.56. The highest BCUT2D eigenvalue weighted by atomic mass is 35.5. The second kappa shape index (κ2) is 7.79. The van der Waals surface area contributed by atoms with Crippen molar-refractivity contribution in [2.24, 2.45) is 5.73 Å². The molecule has 1 amide bonds. The van der Waals surface area contributed by atoms with Gasteiger partial charge in [-0.2, -0.15) is 0 Å². The minimum Gasteiger partial charge on any atom is -0.375 e. The van der Waals surface area contributed by atoms with Gasteiger partial charge in [0.05, 0.1) is 17.7 Å². The van der Waals surface area contributed by atoms with E-state index in [1.165, 1.54) is 11.3 Å². The minimum atomic E-state index is 0. The summed E-state index contributed by atoms with van der Waals surface area (Å²) in [7, 11) is 0. The van der Waals surface area contributed by atoms with Crippen LogP contribution in [0.1, 0.15) is 28.8 Å². The van der Waals surface area contributed by atoms with Crippen molar-refractivity contribution in [1.82, 2.24) is 9.88 Å². The molecule has 1 unspecified atom stereocenters. The van der Waals surface area contributed by atoms with Gasteiger partial charge in [-0.1, -0.05) is 6.92 Å². The van der Waals surface area contributed by atoms with Gasteiger partial charge in [-0.3, -0.25) is 4.79 Å². The van der Waals surface area contributed by atoms with Crippen LogP contribution in [0.5, 0.6) is 0 Å². The molecule has 2 heterocycles. The van der Waals surface area contributed by atoms with Gasteiger partial charge < -0.3 is 15.4 Å². The van der Waals surface area contributed by atoms with Crippen molar-refractivity contribution in [3.05, 3.63) is 16.1 Å². The van der Waals surface area contributed by atoms with Gasteiger partial charge in [0.1, 0.15) is 5.69 Å². The van der Waals surface area contributed by atoms with Gasteiger partial charge in [-0.25, -0.2) is 4.98 Å². The van der Waals surface area contributed by atoms with Crippen molar-refractivity contribution in [3.8, 4) is 0 Å². The second-order valence-electron chi connectivity index (χ2n) is 4.32. The Morgan fingerprint density at radius 3 is 3.16 bits per heavy atom. The molecule has 1 aliphatic heterocycles. The van der Waals surface area contributed by atoms with Crippen LogP contribution in [-0.4, -0.2) is 48.1 Å². The number of thiazole rings is 1. The van der Waals surface area contributed by atoms with E-state index in [1.807, 2.05) is 10.3 Å². The molecule has 2 N–H and O–H groups in total. The fourth-order valence-electron chi connectivity index (χ4n) is 1.96. The number of hydrogen-bond acceptors (Lipinski definition) is 5. The molecule has 0 radical (unpaired) electrons. The van der Waals surface area contributed by atoms with Gasteiger partial charge in [0.15, 0.2) is 0 Å². The van der Waals surface area contributed by atoms with Crippen LogP contribution in [0.15, 0.2) is 5.38 Å². The van der Waals surface area contributed by atoms with Crippen molar-refractivity contribution in [2.75, 3.05) is 26.2 Å². The van der Waals surface area contributed by atoms with E-state index in [1.54, 1.807) is 0 Å². The first-order valence-corrected chi connectivity index (χ1v) is 7.18. The number of carbonyl (C=O) groups is 1. The molecule has 2 rings (SSSR count). The zero-order valence-electron chi connectivity index (χ0n) is 11.0. The summed E-state index contributed by atoms with van der Waals surface area (Å²) in [4.78, 5) is 18.4. The summed E-state index contributed by atoms with van der Waals surface area (Å²) in [6.45, 7) is 4.57. The van der Waals surface area contributed by atoms with Crippen LogP contribution in [0.2, 0.25) is 0 Å². The molecule has 5 nitrogen and oxygen atoms in total. The number of ether oxygens (including phenoxy) is 1. The summed E-state index contributed by atoms with van der Waals surface area (Å²) in [6, 6.07) is 0. The molecule has 19 heavy (non-hydrogen) atoms. The summed E-state index contributed by atoms with van der Waals surface area (Å²) in [5.41, 5.74) is 6.02. The SMILES string of the molecule is CCC1CN(C(=O)c2csc(CCN)n2)CCO1.Cl. The van der Waals surface area contributed by atoms with Gasteiger partial charge in [-0.05, 0) is 13.0 Å². The number of amides is 1. The van der Waals surface area contributed by atoms with E-state index >= 15 is 0 Å². The molecule has 0 bridgehead atoms. The van der Waals surface area contributed by atoms with Crippen LogP contribution in [0, 0.1) is 0 Å². The largest absolute Gasteiger partial charge is 0.375 e. The lowest BCUT2D eigenvalue weighted by molar-refractivity contribution is -0.0227. The van der Waals surface area contributed by atoms with E-state index < -0.39 is 0 Å². The van der Waals surface area contributed by atoms with Crippen LogP contribution in [0.4, 0.5) is 0 Å². The van der Waals surface area contributed by atoms with E-state index in [0.29, 0.717) is 31.9 Å². The summed E-state index contributed by atoms with van der Waals surface area (Å²) in [6.07, 6.45) is 1.82. The summed E-state index contributed by atoms with van der Waals surface area (Å²) in [5.74, 6) is 0.0104. The summed E-state index contributed by atoms with van der Waals surface area (Å²) in [5, 5.41) is 2.75. The number of halogens is 1. The Hall–Kier alpha value is -0.690. The topological polar surface area (TPSA) is 68.5 Å². The van der Waals surface area contributed by atoms with Gasteiger partial charge in [0.2, 0.25) is 0 Å². The van der Waals surface area contributed by atoms with Gasteiger partial charge in [-0.15, -0.1) is 23.7 Å². The number of morpholine rings is 1. The number of nitrogens with zero attached hydrogens (tertiary/aromatic N) is 2. The van der Waals surface area contributed by atoms with Crippen molar-refractivity contribution in [1.29, 1.82) is 0 Å². The lowest BCUT2D eigenvalue weighted by Gasteiger charge is -2.32. The lowest BCUT2D eigenvalue weighted by atomic mass is 10.2. The zero-order chi connectivity index (χ0) is 13.0. The van der Waals surface area contributed by atoms with Crippen LogP contribution >= 0.6 is 23.7 Å². The lowest BCUT2D eigenvalue weighted by Crippen LogP contribution is -2.45. The Morgan fingerprint density at radius 1 is 1.68 bits per heavy atom. The average molecular weight is 306 g/mol. The van der Waals surface area contributed by atoms with E-state index in [0.717, 1.165) is 17.8 Å². The number of nitrogens with two attached hydrogens (primary N) is 1. The number of carbonyl (C=O) groups excluding carboxylic acids is 1. The maximum absolute atomic E-state index is 12.3. The highest BCUT2D eigenvalue weighted by Crippen LogP contribution is 2.15. The maximum atomic E-state index is 12.3. The minimum absolute atomic E-state index is 0. The first-order chi connectivity index (χ1) is 8.74. The monoisotopic (exact) mass is 305 g/mol. The van der Waals surface area contributed by atoms with Crippen LogP contribution in [0.25, 0.3) is 0 Å². The third-order valence-electron chi connectivity index (χ3n) is 3.01. The molecular formula is C12H20ClN3O2S. The quantitative estimate of drug-likeness (QED) is 0.911. The van der Waals surface area contributed by atoms with Crippen molar-refractivity contribution >= 4 is 29.7 Å². The zero-order valence-corrected chi connectivity index (χ0v) is 12.6. The smallest absolute Gasteiger partial charge is 0.273 e. The molecule has 0 aliphatic carbocycles.